The molecule has 2 aromatic rings. The molecule has 1 N–H and O–H groups in total. The van der Waals surface area contributed by atoms with Crippen LogP contribution < -0.4 is 0 Å². The summed E-state index contributed by atoms with van der Waals surface area (Å²) in [4.78, 5) is 2.48. The minimum Gasteiger partial charge on any atom is -0.306 e. The molecule has 0 unspecified atom stereocenters. The quantitative estimate of drug-likeness (QED) is 0.861. The number of aromatic amines is 1. The minimum atomic E-state index is 0.807. The SMILES string of the molecule is CN1CC[C@H]2Cc3[nH]nc(-c4ccccc4)c3C[C@@H]2C1. The Morgan fingerprint density at radius 2 is 2.00 bits per heavy atom. The summed E-state index contributed by atoms with van der Waals surface area (Å²) in [6, 6.07) is 10.6. The lowest BCUT2D eigenvalue weighted by atomic mass is 9.73. The lowest BCUT2D eigenvalue weighted by Gasteiger charge is -2.39. The van der Waals surface area contributed by atoms with E-state index < -0.39 is 0 Å². The number of likely N-dealkylation sites (tertiary alicyclic amines) is 1. The van der Waals surface area contributed by atoms with Gasteiger partial charge in [0.25, 0.3) is 0 Å². The Kier molecular flexibility index (Phi) is 2.88. The number of fused-ring (bicyclic) bond motifs is 2. The lowest BCUT2D eigenvalue weighted by molar-refractivity contribution is 0.134. The fourth-order valence-electron chi connectivity index (χ4n) is 3.91. The third-order valence-electron chi connectivity index (χ3n) is 5.03. The van der Waals surface area contributed by atoms with Crippen LogP contribution in [0.25, 0.3) is 11.3 Å². The van der Waals surface area contributed by atoms with Crippen LogP contribution in [0.2, 0.25) is 0 Å². The zero-order valence-electron chi connectivity index (χ0n) is 12.0. The fraction of sp³-hybridized carbons (Fsp3) is 0.471. The highest BCUT2D eigenvalue weighted by Crippen LogP contribution is 2.38. The summed E-state index contributed by atoms with van der Waals surface area (Å²) < 4.78 is 0. The van der Waals surface area contributed by atoms with E-state index in [4.69, 9.17) is 0 Å². The molecule has 1 saturated heterocycles. The molecule has 2 aliphatic rings. The van der Waals surface area contributed by atoms with Crippen molar-refractivity contribution in [2.75, 3.05) is 20.1 Å². The summed E-state index contributed by atoms with van der Waals surface area (Å²) in [5.74, 6) is 1.66. The maximum absolute atomic E-state index is 4.61. The van der Waals surface area contributed by atoms with Gasteiger partial charge in [-0.2, -0.15) is 5.10 Å². The number of rotatable bonds is 1. The van der Waals surface area contributed by atoms with Crippen LogP contribution in [0.3, 0.4) is 0 Å². The first kappa shape index (κ1) is 12.2. The molecule has 0 radical (unpaired) electrons. The monoisotopic (exact) mass is 267 g/mol. The van der Waals surface area contributed by atoms with E-state index in [9.17, 15) is 0 Å². The molecule has 0 spiro atoms. The van der Waals surface area contributed by atoms with Crippen LogP contribution in [0.15, 0.2) is 30.3 Å². The average molecular weight is 267 g/mol. The van der Waals surface area contributed by atoms with Crippen LogP contribution in [0, 0.1) is 11.8 Å². The molecule has 2 heterocycles. The first-order valence-corrected chi connectivity index (χ1v) is 7.61. The second-order valence-electron chi connectivity index (χ2n) is 6.37. The minimum absolute atomic E-state index is 0.807. The zero-order valence-corrected chi connectivity index (χ0v) is 12.0. The normalized spacial score (nSPS) is 26.1. The molecule has 2 atom stereocenters. The number of nitrogens with one attached hydrogen (secondary N) is 1. The second-order valence-corrected chi connectivity index (χ2v) is 6.37. The Balaban J connectivity index is 1.69. The van der Waals surface area contributed by atoms with Crippen LogP contribution in [0.1, 0.15) is 17.7 Å². The van der Waals surface area contributed by atoms with E-state index in [0.717, 1.165) is 11.8 Å². The molecule has 4 rings (SSSR count). The Morgan fingerprint density at radius 1 is 1.15 bits per heavy atom. The van der Waals surface area contributed by atoms with E-state index in [0.29, 0.717) is 0 Å². The van der Waals surface area contributed by atoms with Crippen molar-refractivity contribution >= 4 is 0 Å². The van der Waals surface area contributed by atoms with Gasteiger partial charge < -0.3 is 4.90 Å². The highest BCUT2D eigenvalue weighted by atomic mass is 15.1. The van der Waals surface area contributed by atoms with Crippen molar-refractivity contribution in [3.05, 3.63) is 41.6 Å². The van der Waals surface area contributed by atoms with Crippen LogP contribution in [-0.2, 0) is 12.8 Å². The van der Waals surface area contributed by atoms with Gasteiger partial charge in [-0.1, -0.05) is 30.3 Å². The summed E-state index contributed by atoms with van der Waals surface area (Å²) in [5, 5.41) is 7.91. The van der Waals surface area contributed by atoms with Crippen LogP contribution in [-0.4, -0.2) is 35.2 Å². The molecule has 1 aromatic heterocycles. The highest BCUT2D eigenvalue weighted by Gasteiger charge is 2.34. The number of hydrogen-bond acceptors (Lipinski definition) is 2. The molecule has 104 valence electrons. The van der Waals surface area contributed by atoms with Gasteiger partial charge >= 0.3 is 0 Å². The number of piperidine rings is 1. The van der Waals surface area contributed by atoms with Gasteiger partial charge in [-0.25, -0.2) is 0 Å². The highest BCUT2D eigenvalue weighted by molar-refractivity contribution is 5.64. The molecule has 1 aromatic carbocycles. The summed E-state index contributed by atoms with van der Waals surface area (Å²) in [6.07, 6.45) is 3.71. The Morgan fingerprint density at radius 3 is 2.85 bits per heavy atom. The molecule has 0 saturated carbocycles. The molecule has 3 nitrogen and oxygen atoms in total. The van der Waals surface area contributed by atoms with Crippen LogP contribution in [0.5, 0.6) is 0 Å². The zero-order chi connectivity index (χ0) is 13.5. The van der Waals surface area contributed by atoms with Crippen molar-refractivity contribution in [1.29, 1.82) is 0 Å². The van der Waals surface area contributed by atoms with Crippen molar-refractivity contribution in [2.45, 2.75) is 19.3 Å². The molecule has 3 heteroatoms. The van der Waals surface area contributed by atoms with Gasteiger partial charge in [0.15, 0.2) is 0 Å². The number of aromatic nitrogens is 2. The Bertz CT molecular complexity index is 602. The van der Waals surface area contributed by atoms with Crippen molar-refractivity contribution in [2.24, 2.45) is 11.8 Å². The fourth-order valence-corrected chi connectivity index (χ4v) is 3.91. The van der Waals surface area contributed by atoms with E-state index in [-0.39, 0.29) is 0 Å². The maximum atomic E-state index is 4.61. The molecular weight excluding hydrogens is 246 g/mol. The summed E-state index contributed by atoms with van der Waals surface area (Å²) in [6.45, 7) is 2.49. The number of hydrogen-bond donors (Lipinski definition) is 1. The average Bonchev–Trinajstić information content (AvgIpc) is 2.88. The van der Waals surface area contributed by atoms with Crippen molar-refractivity contribution in [1.82, 2.24) is 15.1 Å². The van der Waals surface area contributed by atoms with Crippen LogP contribution in [0.4, 0.5) is 0 Å². The van der Waals surface area contributed by atoms with Crippen LogP contribution >= 0.6 is 0 Å². The van der Waals surface area contributed by atoms with E-state index in [2.05, 4.69) is 52.5 Å². The summed E-state index contributed by atoms with van der Waals surface area (Å²) >= 11 is 0. The molecule has 1 fully saturated rings. The van der Waals surface area contributed by atoms with E-state index in [1.54, 1.807) is 0 Å². The van der Waals surface area contributed by atoms with Gasteiger partial charge in [0.05, 0.1) is 5.69 Å². The van der Waals surface area contributed by atoms with Gasteiger partial charge in [-0.05, 0) is 44.7 Å². The molecule has 0 amide bonds. The summed E-state index contributed by atoms with van der Waals surface area (Å²) in [5.41, 5.74) is 5.27. The maximum Gasteiger partial charge on any atom is 0.0955 e. The predicted octanol–water partition coefficient (Wildman–Crippen LogP) is 2.74. The molecule has 20 heavy (non-hydrogen) atoms. The number of benzene rings is 1. The second kappa shape index (κ2) is 4.74. The smallest absolute Gasteiger partial charge is 0.0955 e. The Labute approximate surface area is 120 Å². The standard InChI is InChI=1S/C17H21N3/c1-20-8-7-13-10-16-15(9-14(13)11-20)17(19-18-16)12-5-3-2-4-6-12/h2-6,13-14H,7-11H2,1H3,(H,18,19)/t13-,14+/m0/s1. The first-order chi connectivity index (χ1) is 9.81. The van der Waals surface area contributed by atoms with Gasteiger partial charge in [0.1, 0.15) is 0 Å². The number of nitrogens with zero attached hydrogens (tertiary/aromatic N) is 2. The van der Waals surface area contributed by atoms with E-state index in [1.807, 2.05) is 0 Å². The van der Waals surface area contributed by atoms with Gasteiger partial charge in [-0.3, -0.25) is 5.10 Å². The van der Waals surface area contributed by atoms with Crippen molar-refractivity contribution in [3.63, 3.8) is 0 Å². The Hall–Kier alpha value is -1.61. The third kappa shape index (κ3) is 1.97. The van der Waals surface area contributed by atoms with Gasteiger partial charge in [0, 0.05) is 23.4 Å². The predicted molar refractivity (Wildman–Crippen MR) is 80.5 cm³/mol. The van der Waals surface area contributed by atoms with E-state index >= 15 is 0 Å². The largest absolute Gasteiger partial charge is 0.306 e. The molecule has 1 aliphatic carbocycles. The summed E-state index contributed by atoms with van der Waals surface area (Å²) in [7, 11) is 2.25. The third-order valence-corrected chi connectivity index (χ3v) is 5.03. The van der Waals surface area contributed by atoms with Crippen molar-refractivity contribution in [3.8, 4) is 11.3 Å². The number of H-pyrrole nitrogens is 1. The van der Waals surface area contributed by atoms with Gasteiger partial charge in [-0.15, -0.1) is 0 Å². The van der Waals surface area contributed by atoms with Gasteiger partial charge in [0.2, 0.25) is 0 Å². The lowest BCUT2D eigenvalue weighted by Crippen LogP contribution is -2.41. The molecule has 0 bridgehead atoms. The first-order valence-electron chi connectivity index (χ1n) is 7.61. The van der Waals surface area contributed by atoms with E-state index in [1.165, 1.54) is 54.9 Å². The topological polar surface area (TPSA) is 31.9 Å². The molecular formula is C17H21N3. The molecule has 1 aliphatic heterocycles. The van der Waals surface area contributed by atoms with Crippen molar-refractivity contribution < 1.29 is 0 Å².